The van der Waals surface area contributed by atoms with Crippen LogP contribution in [0.2, 0.25) is 0 Å². The molecule has 1 aliphatic heterocycles. The lowest BCUT2D eigenvalue weighted by atomic mass is 9.85. The molecule has 2 nitrogen and oxygen atoms in total. The van der Waals surface area contributed by atoms with Gasteiger partial charge in [-0.3, -0.25) is 0 Å². The quantitative estimate of drug-likeness (QED) is 0.834. The number of benzene rings is 1. The number of aryl methyl sites for hydroxylation is 1. The zero-order valence-corrected chi connectivity index (χ0v) is 9.63. The summed E-state index contributed by atoms with van der Waals surface area (Å²) >= 11 is 0. The lowest BCUT2D eigenvalue weighted by Gasteiger charge is -2.33. The monoisotopic (exact) mass is 223 g/mol. The predicted octanol–water partition coefficient (Wildman–Crippen LogP) is 2.18. The number of halogens is 1. The largest absolute Gasteiger partial charge is 0.380 e. The Kier molecular flexibility index (Phi) is 3.26. The molecule has 0 aliphatic carbocycles. The summed E-state index contributed by atoms with van der Waals surface area (Å²) in [7, 11) is 0. The molecule has 2 rings (SSSR count). The number of ether oxygens (including phenoxy) is 1. The number of rotatable bonds is 2. The topological polar surface area (TPSA) is 35.2 Å². The predicted molar refractivity (Wildman–Crippen MR) is 61.8 cm³/mol. The van der Waals surface area contributed by atoms with E-state index in [1.54, 1.807) is 6.07 Å². The molecule has 1 saturated heterocycles. The molecular weight excluding hydrogens is 205 g/mol. The minimum absolute atomic E-state index is 0.188. The highest BCUT2D eigenvalue weighted by molar-refractivity contribution is 5.28. The molecule has 0 amide bonds. The maximum Gasteiger partial charge on any atom is 0.123 e. The van der Waals surface area contributed by atoms with Crippen LogP contribution in [-0.4, -0.2) is 18.8 Å². The Morgan fingerprint density at radius 1 is 1.50 bits per heavy atom. The maximum absolute atomic E-state index is 13.0. The lowest BCUT2D eigenvalue weighted by molar-refractivity contribution is 0.0382. The van der Waals surface area contributed by atoms with E-state index in [4.69, 9.17) is 10.5 Å². The van der Waals surface area contributed by atoms with Crippen LogP contribution in [0.1, 0.15) is 24.0 Å². The van der Waals surface area contributed by atoms with Crippen molar-refractivity contribution < 1.29 is 9.13 Å². The third-order valence-corrected chi connectivity index (χ3v) is 3.20. The van der Waals surface area contributed by atoms with Gasteiger partial charge in [0, 0.05) is 12.1 Å². The third kappa shape index (κ3) is 2.60. The van der Waals surface area contributed by atoms with Gasteiger partial charge in [0.1, 0.15) is 5.82 Å². The fourth-order valence-corrected chi connectivity index (χ4v) is 2.25. The summed E-state index contributed by atoms with van der Waals surface area (Å²) in [5, 5.41) is 0. The Morgan fingerprint density at radius 2 is 2.31 bits per heavy atom. The second kappa shape index (κ2) is 4.52. The van der Waals surface area contributed by atoms with Crippen LogP contribution in [0, 0.1) is 12.7 Å². The Labute approximate surface area is 95.6 Å². The average molecular weight is 223 g/mol. The first kappa shape index (κ1) is 11.6. The molecule has 0 spiro atoms. The molecule has 1 aromatic carbocycles. The SMILES string of the molecule is Cc1cc(F)ccc1CC1(N)CCCOC1. The van der Waals surface area contributed by atoms with E-state index in [9.17, 15) is 4.39 Å². The van der Waals surface area contributed by atoms with E-state index in [2.05, 4.69) is 0 Å². The van der Waals surface area contributed by atoms with Crippen molar-refractivity contribution in [3.8, 4) is 0 Å². The van der Waals surface area contributed by atoms with Crippen molar-refractivity contribution in [1.82, 2.24) is 0 Å². The third-order valence-electron chi connectivity index (χ3n) is 3.20. The van der Waals surface area contributed by atoms with E-state index in [1.807, 2.05) is 13.0 Å². The zero-order chi connectivity index (χ0) is 11.6. The molecule has 2 N–H and O–H groups in total. The van der Waals surface area contributed by atoms with Gasteiger partial charge in [-0.15, -0.1) is 0 Å². The molecule has 3 heteroatoms. The van der Waals surface area contributed by atoms with E-state index in [-0.39, 0.29) is 11.4 Å². The first-order chi connectivity index (χ1) is 7.59. The maximum atomic E-state index is 13.0. The van der Waals surface area contributed by atoms with E-state index in [0.717, 1.165) is 37.0 Å². The van der Waals surface area contributed by atoms with Crippen LogP contribution in [0.4, 0.5) is 4.39 Å². The number of hydrogen-bond acceptors (Lipinski definition) is 2. The summed E-state index contributed by atoms with van der Waals surface area (Å²) in [6.45, 7) is 3.33. The number of nitrogens with two attached hydrogens (primary N) is 1. The normalized spacial score (nSPS) is 25.7. The van der Waals surface area contributed by atoms with Gasteiger partial charge < -0.3 is 10.5 Å². The second-order valence-corrected chi connectivity index (χ2v) is 4.77. The van der Waals surface area contributed by atoms with E-state index in [1.165, 1.54) is 6.07 Å². The van der Waals surface area contributed by atoms with Gasteiger partial charge in [0.05, 0.1) is 6.61 Å². The van der Waals surface area contributed by atoms with E-state index >= 15 is 0 Å². The highest BCUT2D eigenvalue weighted by Crippen LogP contribution is 2.23. The van der Waals surface area contributed by atoms with Crippen molar-refractivity contribution in [2.45, 2.75) is 31.7 Å². The van der Waals surface area contributed by atoms with Crippen molar-refractivity contribution in [1.29, 1.82) is 0 Å². The van der Waals surface area contributed by atoms with Gasteiger partial charge in [-0.25, -0.2) is 4.39 Å². The van der Waals surface area contributed by atoms with Crippen LogP contribution >= 0.6 is 0 Å². The van der Waals surface area contributed by atoms with E-state index in [0.29, 0.717) is 6.61 Å². The molecule has 88 valence electrons. The fraction of sp³-hybridized carbons (Fsp3) is 0.538. The molecule has 16 heavy (non-hydrogen) atoms. The van der Waals surface area contributed by atoms with Crippen molar-refractivity contribution in [3.63, 3.8) is 0 Å². The first-order valence-corrected chi connectivity index (χ1v) is 5.71. The van der Waals surface area contributed by atoms with Crippen LogP contribution < -0.4 is 5.73 Å². The smallest absolute Gasteiger partial charge is 0.123 e. The van der Waals surface area contributed by atoms with Crippen molar-refractivity contribution >= 4 is 0 Å². The molecule has 1 fully saturated rings. The Balaban J connectivity index is 2.13. The molecule has 1 aromatic rings. The lowest BCUT2D eigenvalue weighted by Crippen LogP contribution is -2.49. The Morgan fingerprint density at radius 3 is 2.94 bits per heavy atom. The summed E-state index contributed by atoms with van der Waals surface area (Å²) in [6, 6.07) is 4.88. The van der Waals surface area contributed by atoms with Crippen molar-refractivity contribution in [2.24, 2.45) is 5.73 Å². The van der Waals surface area contributed by atoms with Gasteiger partial charge in [-0.05, 0) is 49.4 Å². The summed E-state index contributed by atoms with van der Waals surface area (Å²) in [5.74, 6) is -0.188. The summed E-state index contributed by atoms with van der Waals surface area (Å²) in [4.78, 5) is 0. The summed E-state index contributed by atoms with van der Waals surface area (Å²) in [5.41, 5.74) is 8.09. The highest BCUT2D eigenvalue weighted by Gasteiger charge is 2.28. The van der Waals surface area contributed by atoms with Crippen LogP contribution in [0.15, 0.2) is 18.2 Å². The Bertz CT molecular complexity index is 372. The van der Waals surface area contributed by atoms with Gasteiger partial charge in [-0.1, -0.05) is 6.07 Å². The minimum atomic E-state index is -0.277. The minimum Gasteiger partial charge on any atom is -0.380 e. The Hall–Kier alpha value is -0.930. The molecule has 0 aromatic heterocycles. The standard InChI is InChI=1S/C13H18FNO/c1-10-7-12(14)4-3-11(10)8-13(15)5-2-6-16-9-13/h3-4,7H,2,5-6,8-9,15H2,1H3. The molecule has 0 radical (unpaired) electrons. The second-order valence-electron chi connectivity index (χ2n) is 4.77. The van der Waals surface area contributed by atoms with Gasteiger partial charge >= 0.3 is 0 Å². The molecular formula is C13H18FNO. The van der Waals surface area contributed by atoms with Crippen LogP contribution in [0.3, 0.4) is 0 Å². The van der Waals surface area contributed by atoms with Crippen molar-refractivity contribution in [2.75, 3.05) is 13.2 Å². The van der Waals surface area contributed by atoms with Crippen LogP contribution in [-0.2, 0) is 11.2 Å². The number of hydrogen-bond donors (Lipinski definition) is 1. The van der Waals surface area contributed by atoms with E-state index < -0.39 is 0 Å². The average Bonchev–Trinajstić information content (AvgIpc) is 2.23. The van der Waals surface area contributed by atoms with Gasteiger partial charge in [0.25, 0.3) is 0 Å². The molecule has 0 saturated carbocycles. The summed E-state index contributed by atoms with van der Waals surface area (Å²) in [6.07, 6.45) is 2.75. The highest BCUT2D eigenvalue weighted by atomic mass is 19.1. The van der Waals surface area contributed by atoms with Crippen LogP contribution in [0.25, 0.3) is 0 Å². The molecule has 1 heterocycles. The fourth-order valence-electron chi connectivity index (χ4n) is 2.25. The summed E-state index contributed by atoms with van der Waals surface area (Å²) < 4.78 is 18.4. The molecule has 0 bridgehead atoms. The first-order valence-electron chi connectivity index (χ1n) is 5.71. The molecule has 1 aliphatic rings. The molecule has 1 unspecified atom stereocenters. The van der Waals surface area contributed by atoms with Crippen molar-refractivity contribution in [3.05, 3.63) is 35.1 Å². The van der Waals surface area contributed by atoms with Gasteiger partial charge in [-0.2, -0.15) is 0 Å². The van der Waals surface area contributed by atoms with Crippen LogP contribution in [0.5, 0.6) is 0 Å². The zero-order valence-electron chi connectivity index (χ0n) is 9.63. The van der Waals surface area contributed by atoms with Gasteiger partial charge in [0.2, 0.25) is 0 Å². The van der Waals surface area contributed by atoms with Gasteiger partial charge in [0.15, 0.2) is 0 Å². The molecule has 1 atom stereocenters.